The predicted molar refractivity (Wildman–Crippen MR) is 101 cm³/mol. The standard InChI is InChI=1S/C20H19ClF2N2O2/c21-14-5-7-15(8-6-14)24-19(26)12-1-3-13(4-2-12)20(27)25-16-9-10-17(22)18(23)11-16/h5-13H,1-4H2,(H,24,26)(H,25,27). The first-order valence-electron chi connectivity index (χ1n) is 8.74. The molecule has 0 atom stereocenters. The molecule has 0 radical (unpaired) electrons. The van der Waals surface area contributed by atoms with Crippen molar-refractivity contribution in [2.24, 2.45) is 11.8 Å². The highest BCUT2D eigenvalue weighted by molar-refractivity contribution is 6.30. The SMILES string of the molecule is O=C(Nc1ccc(Cl)cc1)C1CCC(C(=O)Nc2ccc(F)c(F)c2)CC1. The van der Waals surface area contributed by atoms with Gasteiger partial charge in [-0.1, -0.05) is 11.6 Å². The number of hydrogen-bond acceptors (Lipinski definition) is 2. The third kappa shape index (κ3) is 5.04. The van der Waals surface area contributed by atoms with Crippen molar-refractivity contribution in [3.05, 3.63) is 59.1 Å². The van der Waals surface area contributed by atoms with Gasteiger partial charge in [0.2, 0.25) is 11.8 Å². The van der Waals surface area contributed by atoms with Crippen LogP contribution in [-0.4, -0.2) is 11.8 Å². The van der Waals surface area contributed by atoms with E-state index in [2.05, 4.69) is 10.6 Å². The molecule has 3 rings (SSSR count). The summed E-state index contributed by atoms with van der Waals surface area (Å²) in [5.41, 5.74) is 0.907. The smallest absolute Gasteiger partial charge is 0.227 e. The number of carbonyl (C=O) groups is 2. The van der Waals surface area contributed by atoms with Crippen LogP contribution >= 0.6 is 11.6 Å². The minimum absolute atomic E-state index is 0.0724. The molecule has 2 aromatic carbocycles. The number of amides is 2. The molecule has 1 aliphatic rings. The molecule has 27 heavy (non-hydrogen) atoms. The average molecular weight is 393 g/mol. The van der Waals surface area contributed by atoms with Gasteiger partial charge in [0.25, 0.3) is 0 Å². The van der Waals surface area contributed by atoms with E-state index in [1.807, 2.05) is 0 Å². The number of halogens is 3. The van der Waals surface area contributed by atoms with Gasteiger partial charge in [0.1, 0.15) is 0 Å². The zero-order valence-corrected chi connectivity index (χ0v) is 15.2. The number of hydrogen-bond donors (Lipinski definition) is 2. The van der Waals surface area contributed by atoms with Crippen LogP contribution in [0.4, 0.5) is 20.2 Å². The highest BCUT2D eigenvalue weighted by Crippen LogP contribution is 2.31. The topological polar surface area (TPSA) is 58.2 Å². The van der Waals surface area contributed by atoms with Gasteiger partial charge in [-0.2, -0.15) is 0 Å². The van der Waals surface area contributed by atoms with Gasteiger partial charge in [0.05, 0.1) is 0 Å². The van der Waals surface area contributed by atoms with Gasteiger partial charge in [0, 0.05) is 34.3 Å². The number of nitrogens with one attached hydrogen (secondary N) is 2. The fourth-order valence-electron chi connectivity index (χ4n) is 3.21. The Morgan fingerprint density at radius 2 is 1.26 bits per heavy atom. The van der Waals surface area contributed by atoms with Crippen LogP contribution in [0.5, 0.6) is 0 Å². The average Bonchev–Trinajstić information content (AvgIpc) is 2.66. The zero-order valence-electron chi connectivity index (χ0n) is 14.5. The van der Waals surface area contributed by atoms with E-state index in [9.17, 15) is 18.4 Å². The second-order valence-electron chi connectivity index (χ2n) is 6.66. The molecule has 0 aromatic heterocycles. The maximum Gasteiger partial charge on any atom is 0.227 e. The second kappa shape index (κ2) is 8.48. The van der Waals surface area contributed by atoms with Crippen LogP contribution in [0.3, 0.4) is 0 Å². The first-order chi connectivity index (χ1) is 12.9. The Balaban J connectivity index is 1.50. The molecule has 0 saturated heterocycles. The highest BCUT2D eigenvalue weighted by atomic mass is 35.5. The summed E-state index contributed by atoms with van der Waals surface area (Å²) in [5.74, 6) is -2.68. The van der Waals surface area contributed by atoms with E-state index in [1.54, 1.807) is 24.3 Å². The number of carbonyl (C=O) groups excluding carboxylic acids is 2. The minimum Gasteiger partial charge on any atom is -0.326 e. The van der Waals surface area contributed by atoms with Crippen LogP contribution in [0.2, 0.25) is 5.02 Å². The van der Waals surface area contributed by atoms with Crippen LogP contribution < -0.4 is 10.6 Å². The molecule has 0 aliphatic heterocycles. The molecule has 0 heterocycles. The largest absolute Gasteiger partial charge is 0.326 e. The molecular weight excluding hydrogens is 374 g/mol. The van der Waals surface area contributed by atoms with E-state index in [0.717, 1.165) is 12.1 Å². The Morgan fingerprint density at radius 3 is 1.78 bits per heavy atom. The van der Waals surface area contributed by atoms with Crippen LogP contribution in [0.1, 0.15) is 25.7 Å². The lowest BCUT2D eigenvalue weighted by Crippen LogP contribution is -2.32. The quantitative estimate of drug-likeness (QED) is 0.769. The van der Waals surface area contributed by atoms with Crippen molar-refractivity contribution in [3.63, 3.8) is 0 Å². The zero-order chi connectivity index (χ0) is 19.4. The summed E-state index contributed by atoms with van der Waals surface area (Å²) in [6.07, 6.45) is 2.31. The molecule has 4 nitrogen and oxygen atoms in total. The van der Waals surface area contributed by atoms with Crippen LogP contribution in [0.15, 0.2) is 42.5 Å². The van der Waals surface area contributed by atoms with Crippen molar-refractivity contribution < 1.29 is 18.4 Å². The van der Waals surface area contributed by atoms with E-state index in [-0.39, 0.29) is 29.3 Å². The lowest BCUT2D eigenvalue weighted by molar-refractivity contribution is -0.125. The predicted octanol–water partition coefficient (Wildman–Crippen LogP) is 5.00. The maximum atomic E-state index is 13.2. The monoisotopic (exact) mass is 392 g/mol. The van der Waals surface area contributed by atoms with Crippen LogP contribution in [0.25, 0.3) is 0 Å². The first-order valence-corrected chi connectivity index (χ1v) is 9.12. The van der Waals surface area contributed by atoms with E-state index >= 15 is 0 Å². The van der Waals surface area contributed by atoms with Gasteiger partial charge in [-0.25, -0.2) is 8.78 Å². The van der Waals surface area contributed by atoms with Gasteiger partial charge >= 0.3 is 0 Å². The van der Waals surface area contributed by atoms with Gasteiger partial charge in [-0.3, -0.25) is 9.59 Å². The second-order valence-corrected chi connectivity index (χ2v) is 7.10. The normalized spacial score (nSPS) is 19.4. The molecule has 142 valence electrons. The van der Waals surface area contributed by atoms with Crippen LogP contribution in [0, 0.1) is 23.5 Å². The summed E-state index contributed by atoms with van der Waals surface area (Å²) >= 11 is 5.83. The molecule has 1 saturated carbocycles. The van der Waals surface area contributed by atoms with Crippen molar-refractivity contribution in [2.75, 3.05) is 10.6 Å². The van der Waals surface area contributed by atoms with E-state index in [4.69, 9.17) is 11.6 Å². The van der Waals surface area contributed by atoms with E-state index in [0.29, 0.717) is 36.4 Å². The Bertz CT molecular complexity index is 834. The molecule has 1 aliphatic carbocycles. The number of anilines is 2. The number of rotatable bonds is 4. The molecule has 0 spiro atoms. The highest BCUT2D eigenvalue weighted by Gasteiger charge is 2.30. The van der Waals surface area contributed by atoms with Crippen molar-refractivity contribution >= 4 is 34.8 Å². The Kier molecular flexibility index (Phi) is 6.06. The van der Waals surface area contributed by atoms with Gasteiger partial charge in [-0.05, 0) is 62.1 Å². The molecule has 0 unspecified atom stereocenters. The molecule has 2 N–H and O–H groups in total. The van der Waals surface area contributed by atoms with Gasteiger partial charge in [-0.15, -0.1) is 0 Å². The summed E-state index contributed by atoms with van der Waals surface area (Å²) < 4.78 is 26.2. The lowest BCUT2D eigenvalue weighted by atomic mass is 9.81. The first kappa shape index (κ1) is 19.3. The summed E-state index contributed by atoms with van der Waals surface area (Å²) in [6, 6.07) is 10.1. The Morgan fingerprint density at radius 1 is 0.778 bits per heavy atom. The fraction of sp³-hybridized carbons (Fsp3) is 0.300. The van der Waals surface area contributed by atoms with Crippen molar-refractivity contribution in [2.45, 2.75) is 25.7 Å². The summed E-state index contributed by atoms with van der Waals surface area (Å²) in [7, 11) is 0. The molecule has 7 heteroatoms. The van der Waals surface area contributed by atoms with Crippen molar-refractivity contribution in [1.82, 2.24) is 0 Å². The minimum atomic E-state index is -1.00. The van der Waals surface area contributed by atoms with E-state index in [1.165, 1.54) is 6.07 Å². The molecular formula is C20H19ClF2N2O2. The summed E-state index contributed by atoms with van der Waals surface area (Å²) in [4.78, 5) is 24.7. The van der Waals surface area contributed by atoms with Gasteiger partial charge < -0.3 is 10.6 Å². The molecule has 2 aromatic rings. The molecule has 0 bridgehead atoms. The van der Waals surface area contributed by atoms with Crippen molar-refractivity contribution in [3.8, 4) is 0 Å². The van der Waals surface area contributed by atoms with Gasteiger partial charge in [0.15, 0.2) is 11.6 Å². The Hall–Kier alpha value is -2.47. The Labute approximate surface area is 160 Å². The molecule has 2 amide bonds. The fourth-order valence-corrected chi connectivity index (χ4v) is 3.34. The van der Waals surface area contributed by atoms with Crippen molar-refractivity contribution in [1.29, 1.82) is 0 Å². The summed E-state index contributed by atoms with van der Waals surface area (Å²) in [6.45, 7) is 0. The maximum absolute atomic E-state index is 13.2. The summed E-state index contributed by atoms with van der Waals surface area (Å²) in [5, 5.41) is 6.07. The number of benzene rings is 2. The van der Waals surface area contributed by atoms with E-state index < -0.39 is 11.6 Å². The molecule has 1 fully saturated rings. The third-order valence-corrected chi connectivity index (χ3v) is 5.02. The lowest BCUT2D eigenvalue weighted by Gasteiger charge is -2.27. The van der Waals surface area contributed by atoms with Crippen LogP contribution in [-0.2, 0) is 9.59 Å². The third-order valence-electron chi connectivity index (χ3n) is 4.77.